The molecule has 1 fully saturated rings. The Kier molecular flexibility index (Phi) is 8.04. The van der Waals surface area contributed by atoms with Gasteiger partial charge < -0.3 is 26.0 Å². The van der Waals surface area contributed by atoms with E-state index in [9.17, 15) is 24.4 Å². The highest BCUT2D eigenvalue weighted by Gasteiger charge is 2.38. The summed E-state index contributed by atoms with van der Waals surface area (Å²) in [6.07, 6.45) is 1.25. The molecule has 1 aliphatic rings. The van der Waals surface area contributed by atoms with E-state index in [0.29, 0.717) is 19.4 Å². The predicted octanol–water partition coefficient (Wildman–Crippen LogP) is -0.927. The smallest absolute Gasteiger partial charge is 0.426 e. The van der Waals surface area contributed by atoms with Crippen LogP contribution in [0.5, 0.6) is 0 Å². The summed E-state index contributed by atoms with van der Waals surface area (Å²) in [5, 5.41) is 21.4. The number of nitrogens with one attached hydrogen (secondary N) is 1. The van der Waals surface area contributed by atoms with Crippen LogP contribution in [0.2, 0.25) is 0 Å². The lowest BCUT2D eigenvalue weighted by Crippen LogP contribution is -2.55. The van der Waals surface area contributed by atoms with Gasteiger partial charge in [0.1, 0.15) is 11.8 Å². The summed E-state index contributed by atoms with van der Waals surface area (Å²) in [5.41, 5.74) is 5.54. The summed E-state index contributed by atoms with van der Waals surface area (Å²) < 4.78 is 0. The van der Waals surface area contributed by atoms with Crippen LogP contribution in [0.4, 0.5) is 0 Å². The molecule has 1 heterocycles. The number of ketones is 1. The maximum atomic E-state index is 12.6. The number of hydrogen-bond donors (Lipinski definition) is 4. The number of carbonyl (C=O) groups is 3. The largest absolute Gasteiger partial charge is 0.475 e. The maximum absolute atomic E-state index is 12.6. The molecule has 142 valence electrons. The molecule has 8 nitrogen and oxygen atoms in total. The van der Waals surface area contributed by atoms with Crippen LogP contribution in [0.15, 0.2) is 0 Å². The van der Waals surface area contributed by atoms with Crippen LogP contribution >= 0.6 is 0 Å². The van der Waals surface area contributed by atoms with Gasteiger partial charge in [-0.2, -0.15) is 0 Å². The molecule has 0 aromatic carbocycles. The summed E-state index contributed by atoms with van der Waals surface area (Å²) in [5.74, 6) is -2.36. The monoisotopic (exact) mass is 355 g/mol. The molecule has 0 saturated carbocycles. The quantitative estimate of drug-likeness (QED) is 0.416. The first-order valence-electron chi connectivity index (χ1n) is 8.81. The summed E-state index contributed by atoms with van der Waals surface area (Å²) in [7, 11) is -1.67. The first-order chi connectivity index (χ1) is 11.6. The average molecular weight is 355 g/mol. The number of rotatable bonds is 8. The maximum Gasteiger partial charge on any atom is 0.475 e. The molecule has 5 N–H and O–H groups in total. The van der Waals surface area contributed by atoms with Crippen molar-refractivity contribution in [2.45, 2.75) is 65.0 Å². The van der Waals surface area contributed by atoms with Crippen molar-refractivity contribution in [2.24, 2.45) is 17.6 Å². The molecule has 9 heteroatoms. The van der Waals surface area contributed by atoms with Gasteiger partial charge in [0, 0.05) is 18.9 Å². The lowest BCUT2D eigenvalue weighted by Gasteiger charge is -2.29. The van der Waals surface area contributed by atoms with Crippen molar-refractivity contribution in [1.82, 2.24) is 10.2 Å². The zero-order valence-electron chi connectivity index (χ0n) is 15.4. The first-order valence-corrected chi connectivity index (χ1v) is 8.81. The number of carbonyl (C=O) groups excluding carboxylic acids is 3. The van der Waals surface area contributed by atoms with Gasteiger partial charge >= 0.3 is 7.12 Å². The number of likely N-dealkylation sites (tertiary alicyclic amines) is 1. The van der Waals surface area contributed by atoms with Crippen LogP contribution in [0.3, 0.4) is 0 Å². The van der Waals surface area contributed by atoms with Gasteiger partial charge in [-0.1, -0.05) is 20.8 Å². The lowest BCUT2D eigenvalue weighted by atomic mass is 9.73. The van der Waals surface area contributed by atoms with Gasteiger partial charge in [0.2, 0.25) is 11.8 Å². The topological polar surface area (TPSA) is 133 Å². The third-order valence-electron chi connectivity index (χ3n) is 4.62. The summed E-state index contributed by atoms with van der Waals surface area (Å²) in [6, 6.07) is -1.27. The van der Waals surface area contributed by atoms with E-state index in [2.05, 4.69) is 5.32 Å². The number of nitrogens with two attached hydrogens (primary N) is 1. The minimum atomic E-state index is -1.67. The second-order valence-corrected chi connectivity index (χ2v) is 7.24. The summed E-state index contributed by atoms with van der Waals surface area (Å²) in [4.78, 5) is 38.4. The van der Waals surface area contributed by atoms with Gasteiger partial charge in [-0.3, -0.25) is 14.4 Å². The van der Waals surface area contributed by atoms with E-state index in [4.69, 9.17) is 5.73 Å². The second kappa shape index (κ2) is 9.31. The highest BCUT2D eigenvalue weighted by Crippen LogP contribution is 2.22. The third kappa shape index (κ3) is 5.79. The van der Waals surface area contributed by atoms with Gasteiger partial charge in [-0.25, -0.2) is 0 Å². The second-order valence-electron chi connectivity index (χ2n) is 7.24. The fourth-order valence-electron chi connectivity index (χ4n) is 3.01. The zero-order valence-corrected chi connectivity index (χ0v) is 15.4. The molecule has 0 radical (unpaired) electrons. The first kappa shape index (κ1) is 21.6. The molecular formula is C16H30BN3O5. The molecule has 0 spiro atoms. The number of nitrogens with zero attached hydrogens (tertiary/aromatic N) is 1. The van der Waals surface area contributed by atoms with Crippen molar-refractivity contribution in [3.8, 4) is 0 Å². The van der Waals surface area contributed by atoms with Gasteiger partial charge in [-0.15, -0.1) is 0 Å². The average Bonchev–Trinajstić information content (AvgIpc) is 3.00. The van der Waals surface area contributed by atoms with Crippen molar-refractivity contribution in [1.29, 1.82) is 0 Å². The summed E-state index contributed by atoms with van der Waals surface area (Å²) in [6.45, 7) is 7.22. The molecule has 0 bridgehead atoms. The fourth-order valence-corrected chi connectivity index (χ4v) is 3.01. The van der Waals surface area contributed by atoms with Crippen LogP contribution in [0.1, 0.15) is 47.0 Å². The Bertz CT molecular complexity index is 490. The predicted molar refractivity (Wildman–Crippen MR) is 94.1 cm³/mol. The molecule has 1 saturated heterocycles. The van der Waals surface area contributed by atoms with Gasteiger partial charge in [0.15, 0.2) is 0 Å². The summed E-state index contributed by atoms with van der Waals surface area (Å²) >= 11 is 0. The minimum absolute atomic E-state index is 0.0469. The molecule has 4 unspecified atom stereocenters. The molecule has 25 heavy (non-hydrogen) atoms. The van der Waals surface area contributed by atoms with Crippen LogP contribution < -0.4 is 11.1 Å². The van der Waals surface area contributed by atoms with Crippen LogP contribution in [0.25, 0.3) is 0 Å². The van der Waals surface area contributed by atoms with E-state index in [1.165, 1.54) is 4.90 Å². The zero-order chi connectivity index (χ0) is 19.3. The standard InChI is InChI=1S/C16H30BN3O5/c1-9(2)14(17(24)25)19-15(22)12-6-5-7-20(12)16(23)10(3)8-13(21)11(4)18/h9-12,14,24-25H,5-8,18H2,1-4H3,(H,19,22). The Hall–Kier alpha value is -1.45. The fraction of sp³-hybridized carbons (Fsp3) is 0.812. The van der Waals surface area contributed by atoms with Gasteiger partial charge in [0.25, 0.3) is 0 Å². The van der Waals surface area contributed by atoms with Crippen LogP contribution in [-0.4, -0.2) is 64.2 Å². The molecule has 1 rings (SSSR count). The van der Waals surface area contributed by atoms with E-state index in [-0.39, 0.29) is 24.0 Å². The molecule has 0 aliphatic carbocycles. The van der Waals surface area contributed by atoms with Gasteiger partial charge in [0.05, 0.1) is 12.0 Å². The van der Waals surface area contributed by atoms with Crippen molar-refractivity contribution in [2.75, 3.05) is 6.54 Å². The van der Waals surface area contributed by atoms with Gasteiger partial charge in [-0.05, 0) is 25.7 Å². The molecule has 4 atom stereocenters. The number of hydrogen-bond acceptors (Lipinski definition) is 6. The Balaban J connectivity index is 2.76. The van der Waals surface area contributed by atoms with Crippen molar-refractivity contribution >= 4 is 24.7 Å². The molecular weight excluding hydrogens is 325 g/mol. The van der Waals surface area contributed by atoms with Crippen molar-refractivity contribution in [3.05, 3.63) is 0 Å². The highest BCUT2D eigenvalue weighted by molar-refractivity contribution is 6.43. The minimum Gasteiger partial charge on any atom is -0.426 e. The van der Waals surface area contributed by atoms with E-state index in [1.807, 2.05) is 0 Å². The Morgan fingerprint density at radius 3 is 2.32 bits per heavy atom. The van der Waals surface area contributed by atoms with E-state index in [0.717, 1.165) is 0 Å². The Morgan fingerprint density at radius 2 is 1.84 bits per heavy atom. The normalized spacial score (nSPS) is 21.0. The van der Waals surface area contributed by atoms with E-state index >= 15 is 0 Å². The SMILES string of the molecule is CC(N)C(=O)CC(C)C(=O)N1CCCC1C(=O)NC(B(O)O)C(C)C. The molecule has 0 aromatic heterocycles. The molecule has 1 aliphatic heterocycles. The Morgan fingerprint density at radius 1 is 1.24 bits per heavy atom. The number of Topliss-reactive ketones (excluding diaryl/α,β-unsaturated/α-hetero) is 1. The van der Waals surface area contributed by atoms with Crippen molar-refractivity contribution < 1.29 is 24.4 Å². The highest BCUT2D eigenvalue weighted by atomic mass is 16.4. The third-order valence-corrected chi connectivity index (χ3v) is 4.62. The Labute approximate surface area is 149 Å². The lowest BCUT2D eigenvalue weighted by molar-refractivity contribution is -0.142. The van der Waals surface area contributed by atoms with Crippen LogP contribution in [-0.2, 0) is 14.4 Å². The molecule has 2 amide bonds. The van der Waals surface area contributed by atoms with E-state index in [1.54, 1.807) is 27.7 Å². The van der Waals surface area contributed by atoms with Crippen molar-refractivity contribution in [3.63, 3.8) is 0 Å². The molecule has 0 aromatic rings. The van der Waals surface area contributed by atoms with Crippen LogP contribution in [0, 0.1) is 11.8 Å². The van der Waals surface area contributed by atoms with E-state index < -0.39 is 37.0 Å². The number of amides is 2.